The second-order valence-corrected chi connectivity index (χ2v) is 7.25. The molecule has 0 aliphatic carbocycles. The number of nitrogens with one attached hydrogen (secondary N) is 1. The highest BCUT2D eigenvalue weighted by Crippen LogP contribution is 2.31. The van der Waals surface area contributed by atoms with Gasteiger partial charge in [0.05, 0.1) is 6.21 Å². The molecule has 27 heavy (non-hydrogen) atoms. The van der Waals surface area contributed by atoms with Crippen LogP contribution in [0.3, 0.4) is 0 Å². The van der Waals surface area contributed by atoms with Gasteiger partial charge in [0.15, 0.2) is 0 Å². The fourth-order valence-corrected chi connectivity index (χ4v) is 3.59. The Morgan fingerprint density at radius 3 is 2.52 bits per heavy atom. The van der Waals surface area contributed by atoms with Crippen LogP contribution in [0.15, 0.2) is 52.3 Å². The number of hydrogen-bond donors (Lipinski definition) is 1. The molecule has 3 rings (SSSR count). The summed E-state index contributed by atoms with van der Waals surface area (Å²) in [6, 6.07) is 9.70. The summed E-state index contributed by atoms with van der Waals surface area (Å²) < 4.78 is 3.17. The summed E-state index contributed by atoms with van der Waals surface area (Å²) in [5.74, 6) is -0.270. The third kappa shape index (κ3) is 3.85. The molecular formula is C21H21BrN4O. The van der Waals surface area contributed by atoms with Crippen molar-refractivity contribution in [2.75, 3.05) is 0 Å². The first-order valence-electron chi connectivity index (χ1n) is 8.58. The topological polar surface area (TPSA) is 59.3 Å². The van der Waals surface area contributed by atoms with Crippen LogP contribution in [-0.4, -0.2) is 21.7 Å². The number of benzene rings is 1. The molecular weight excluding hydrogens is 404 g/mol. The van der Waals surface area contributed by atoms with Gasteiger partial charge in [0.1, 0.15) is 0 Å². The normalized spacial score (nSPS) is 11.1. The van der Waals surface area contributed by atoms with Crippen LogP contribution in [0.4, 0.5) is 0 Å². The number of pyridine rings is 1. The molecule has 0 spiro atoms. The van der Waals surface area contributed by atoms with E-state index < -0.39 is 0 Å². The molecule has 2 aromatic heterocycles. The molecule has 1 aromatic carbocycles. The van der Waals surface area contributed by atoms with E-state index in [0.717, 1.165) is 27.1 Å². The maximum atomic E-state index is 12.1. The molecule has 1 amide bonds. The molecule has 0 bridgehead atoms. The van der Waals surface area contributed by atoms with Gasteiger partial charge in [-0.1, -0.05) is 12.1 Å². The molecule has 3 aromatic rings. The molecule has 0 unspecified atom stereocenters. The highest BCUT2D eigenvalue weighted by Gasteiger charge is 2.17. The zero-order valence-electron chi connectivity index (χ0n) is 15.7. The quantitative estimate of drug-likeness (QED) is 0.490. The van der Waals surface area contributed by atoms with E-state index in [0.29, 0.717) is 5.56 Å². The van der Waals surface area contributed by atoms with Crippen LogP contribution in [0.1, 0.15) is 38.4 Å². The number of hydrogen-bond acceptors (Lipinski definition) is 3. The maximum absolute atomic E-state index is 12.1. The molecule has 0 saturated carbocycles. The molecule has 0 radical (unpaired) electrons. The Morgan fingerprint density at radius 2 is 1.81 bits per heavy atom. The summed E-state index contributed by atoms with van der Waals surface area (Å²) in [6.45, 7) is 8.30. The van der Waals surface area contributed by atoms with Crippen LogP contribution >= 0.6 is 15.9 Å². The van der Waals surface area contributed by atoms with Gasteiger partial charge in [-0.3, -0.25) is 9.78 Å². The van der Waals surface area contributed by atoms with Gasteiger partial charge in [-0.25, -0.2) is 5.43 Å². The lowest BCUT2D eigenvalue weighted by molar-refractivity contribution is 0.0955. The van der Waals surface area contributed by atoms with Crippen molar-refractivity contribution in [1.82, 2.24) is 15.0 Å². The third-order valence-corrected chi connectivity index (χ3v) is 5.52. The molecule has 0 fully saturated rings. The molecule has 2 heterocycles. The SMILES string of the molecule is Cc1ccc(C)c(-n2c(C)c(Br)c(/C=N\NC(=O)c3ccncc3)c2C)c1. The first-order valence-corrected chi connectivity index (χ1v) is 9.38. The van der Waals surface area contributed by atoms with Crippen LogP contribution in [0.2, 0.25) is 0 Å². The number of aryl methyl sites for hydroxylation is 2. The van der Waals surface area contributed by atoms with Crippen molar-refractivity contribution < 1.29 is 4.79 Å². The highest BCUT2D eigenvalue weighted by atomic mass is 79.9. The van der Waals surface area contributed by atoms with E-state index in [4.69, 9.17) is 0 Å². The van der Waals surface area contributed by atoms with Crippen LogP contribution in [0.25, 0.3) is 5.69 Å². The molecule has 0 aliphatic heterocycles. The second-order valence-electron chi connectivity index (χ2n) is 6.46. The Labute approximate surface area is 167 Å². The Bertz CT molecular complexity index is 1020. The summed E-state index contributed by atoms with van der Waals surface area (Å²) in [7, 11) is 0. The van der Waals surface area contributed by atoms with Gasteiger partial charge >= 0.3 is 0 Å². The Balaban J connectivity index is 1.91. The number of halogens is 1. The lowest BCUT2D eigenvalue weighted by Gasteiger charge is -2.13. The van der Waals surface area contributed by atoms with Gasteiger partial charge in [0.2, 0.25) is 0 Å². The molecule has 1 N–H and O–H groups in total. The monoisotopic (exact) mass is 424 g/mol. The Kier molecular flexibility index (Phi) is 5.56. The summed E-state index contributed by atoms with van der Waals surface area (Å²) in [5, 5.41) is 4.14. The van der Waals surface area contributed by atoms with Crippen LogP contribution in [-0.2, 0) is 0 Å². The van der Waals surface area contributed by atoms with Gasteiger partial charge in [-0.2, -0.15) is 5.10 Å². The van der Waals surface area contributed by atoms with Crippen molar-refractivity contribution in [3.63, 3.8) is 0 Å². The fourth-order valence-electron chi connectivity index (χ4n) is 3.02. The van der Waals surface area contributed by atoms with Crippen molar-refractivity contribution in [1.29, 1.82) is 0 Å². The molecule has 0 saturated heterocycles. The lowest BCUT2D eigenvalue weighted by Crippen LogP contribution is -2.17. The van der Waals surface area contributed by atoms with Crippen LogP contribution in [0, 0.1) is 27.7 Å². The minimum Gasteiger partial charge on any atom is -0.316 e. The molecule has 138 valence electrons. The first kappa shape index (κ1) is 19.0. The van der Waals surface area contributed by atoms with Crippen LogP contribution in [0.5, 0.6) is 0 Å². The predicted octanol–water partition coefficient (Wildman–Crippen LogP) is 4.63. The number of nitrogens with zero attached hydrogens (tertiary/aromatic N) is 3. The largest absolute Gasteiger partial charge is 0.316 e. The highest BCUT2D eigenvalue weighted by molar-refractivity contribution is 9.10. The van der Waals surface area contributed by atoms with E-state index in [1.54, 1.807) is 30.7 Å². The lowest BCUT2D eigenvalue weighted by atomic mass is 10.1. The first-order chi connectivity index (χ1) is 12.9. The van der Waals surface area contributed by atoms with E-state index in [1.165, 1.54) is 11.1 Å². The summed E-state index contributed by atoms with van der Waals surface area (Å²) in [4.78, 5) is 16.0. The molecule has 0 aliphatic rings. The van der Waals surface area contributed by atoms with Gasteiger partial charge in [-0.15, -0.1) is 0 Å². The summed E-state index contributed by atoms with van der Waals surface area (Å²) in [6.07, 6.45) is 4.83. The van der Waals surface area contributed by atoms with E-state index in [-0.39, 0.29) is 5.91 Å². The van der Waals surface area contributed by atoms with Gasteiger partial charge in [-0.05, 0) is 73.0 Å². The van der Waals surface area contributed by atoms with Crippen molar-refractivity contribution >= 4 is 28.1 Å². The minimum absolute atomic E-state index is 0.270. The number of carbonyl (C=O) groups excluding carboxylic acids is 1. The van der Waals surface area contributed by atoms with Crippen molar-refractivity contribution in [3.8, 4) is 5.69 Å². The number of rotatable bonds is 4. The maximum Gasteiger partial charge on any atom is 0.271 e. The zero-order chi connectivity index (χ0) is 19.6. The average Bonchev–Trinajstić information content (AvgIpc) is 2.87. The Morgan fingerprint density at radius 1 is 1.11 bits per heavy atom. The summed E-state index contributed by atoms with van der Waals surface area (Å²) in [5.41, 5.74) is 9.70. The van der Waals surface area contributed by atoms with Crippen LogP contribution < -0.4 is 5.43 Å². The predicted molar refractivity (Wildman–Crippen MR) is 112 cm³/mol. The van der Waals surface area contributed by atoms with Crippen molar-refractivity contribution in [2.24, 2.45) is 5.10 Å². The van der Waals surface area contributed by atoms with Gasteiger partial charge in [0, 0.05) is 45.1 Å². The fraction of sp³-hybridized carbons (Fsp3) is 0.190. The van der Waals surface area contributed by atoms with E-state index in [2.05, 4.69) is 75.0 Å². The smallest absolute Gasteiger partial charge is 0.271 e. The number of hydrazone groups is 1. The van der Waals surface area contributed by atoms with E-state index in [9.17, 15) is 4.79 Å². The number of aromatic nitrogens is 2. The third-order valence-electron chi connectivity index (χ3n) is 4.52. The van der Waals surface area contributed by atoms with E-state index >= 15 is 0 Å². The minimum atomic E-state index is -0.270. The Hall–Kier alpha value is -2.73. The standard InChI is InChI=1S/C21H21BrN4O/c1-13-5-6-14(2)19(11-13)26-15(3)18(20(22)16(26)4)12-24-25-21(27)17-7-9-23-10-8-17/h5-12H,1-4H3,(H,25,27)/b24-12-. The number of carbonyl (C=O) groups is 1. The van der Waals surface area contributed by atoms with Crippen molar-refractivity contribution in [2.45, 2.75) is 27.7 Å². The van der Waals surface area contributed by atoms with E-state index in [1.807, 2.05) is 6.92 Å². The second kappa shape index (κ2) is 7.88. The zero-order valence-corrected chi connectivity index (χ0v) is 17.3. The molecule has 0 atom stereocenters. The van der Waals surface area contributed by atoms with Gasteiger partial charge in [0.25, 0.3) is 5.91 Å². The molecule has 6 heteroatoms. The van der Waals surface area contributed by atoms with Gasteiger partial charge < -0.3 is 4.57 Å². The summed E-state index contributed by atoms with van der Waals surface area (Å²) >= 11 is 3.67. The number of amides is 1. The molecule has 5 nitrogen and oxygen atoms in total. The average molecular weight is 425 g/mol. The van der Waals surface area contributed by atoms with Crippen molar-refractivity contribution in [3.05, 3.63) is 80.8 Å².